The van der Waals surface area contributed by atoms with Crippen LogP contribution in [0.5, 0.6) is 0 Å². The van der Waals surface area contributed by atoms with Crippen LogP contribution in [0, 0.1) is 0 Å². The van der Waals surface area contributed by atoms with Gasteiger partial charge in [0, 0.05) is 26.7 Å². The van der Waals surface area contributed by atoms with Gasteiger partial charge in [-0.25, -0.2) is 0 Å². The Labute approximate surface area is 109 Å². The van der Waals surface area contributed by atoms with Crippen LogP contribution in [-0.4, -0.2) is 55.5 Å². The van der Waals surface area contributed by atoms with Crippen LogP contribution >= 0.6 is 0 Å². The van der Waals surface area contributed by atoms with Crippen LogP contribution in [0.25, 0.3) is 0 Å². The average molecular weight is 247 g/mol. The van der Waals surface area contributed by atoms with Gasteiger partial charge in [-0.3, -0.25) is 9.69 Å². The van der Waals surface area contributed by atoms with Crippen molar-refractivity contribution in [2.24, 2.45) is 0 Å². The Kier molecular flexibility index (Phi) is 3.68. The topological polar surface area (TPSA) is 35.6 Å². The second-order valence-corrected chi connectivity index (χ2v) is 5.12. The van der Waals surface area contributed by atoms with Gasteiger partial charge in [-0.15, -0.1) is 0 Å². The van der Waals surface area contributed by atoms with E-state index in [1.165, 1.54) is 5.56 Å². The van der Waals surface area contributed by atoms with Gasteiger partial charge < -0.3 is 10.2 Å². The molecule has 1 heterocycles. The van der Waals surface area contributed by atoms with Crippen molar-refractivity contribution in [2.45, 2.75) is 12.1 Å². The average Bonchev–Trinajstić information content (AvgIpc) is 2.34. The Morgan fingerprint density at radius 1 is 1.39 bits per heavy atom. The van der Waals surface area contributed by atoms with Gasteiger partial charge in [0.05, 0.1) is 0 Å². The maximum atomic E-state index is 12.1. The molecule has 0 aromatic heterocycles. The second kappa shape index (κ2) is 5.08. The summed E-state index contributed by atoms with van der Waals surface area (Å²) < 4.78 is 0. The Morgan fingerprint density at radius 2 is 2.00 bits per heavy atom. The first-order valence-electron chi connectivity index (χ1n) is 6.24. The molecule has 98 valence electrons. The molecular formula is C14H21N3O. The first-order valence-corrected chi connectivity index (χ1v) is 6.24. The number of carbonyl (C=O) groups excluding carboxylic acids is 1. The van der Waals surface area contributed by atoms with E-state index in [9.17, 15) is 4.79 Å². The molecule has 1 N–H and O–H groups in total. The van der Waals surface area contributed by atoms with Crippen LogP contribution in [-0.2, 0) is 11.3 Å². The van der Waals surface area contributed by atoms with Crippen LogP contribution < -0.4 is 5.32 Å². The highest BCUT2D eigenvalue weighted by atomic mass is 16.2. The van der Waals surface area contributed by atoms with Gasteiger partial charge in [-0.2, -0.15) is 0 Å². The molecule has 1 aliphatic heterocycles. The molecule has 0 aliphatic carbocycles. The zero-order valence-corrected chi connectivity index (χ0v) is 11.3. The minimum Gasteiger partial charge on any atom is -0.357 e. The van der Waals surface area contributed by atoms with E-state index < -0.39 is 0 Å². The highest BCUT2D eigenvalue weighted by Crippen LogP contribution is 2.27. The number of benzene rings is 1. The quantitative estimate of drug-likeness (QED) is 0.844. The molecule has 1 amide bonds. The molecule has 1 saturated heterocycles. The van der Waals surface area contributed by atoms with E-state index >= 15 is 0 Å². The zero-order chi connectivity index (χ0) is 13.2. The summed E-state index contributed by atoms with van der Waals surface area (Å²) in [5, 5.41) is 2.79. The predicted molar refractivity (Wildman–Crippen MR) is 72.2 cm³/mol. The third kappa shape index (κ3) is 2.26. The summed E-state index contributed by atoms with van der Waals surface area (Å²) in [6, 6.07) is 10.3. The molecule has 1 fully saturated rings. The van der Waals surface area contributed by atoms with Crippen molar-refractivity contribution >= 4 is 5.91 Å². The lowest BCUT2D eigenvalue weighted by molar-refractivity contribution is -0.144. The molecule has 0 bridgehead atoms. The monoisotopic (exact) mass is 247 g/mol. The van der Waals surface area contributed by atoms with E-state index in [0.717, 1.165) is 19.6 Å². The first kappa shape index (κ1) is 13.1. The summed E-state index contributed by atoms with van der Waals surface area (Å²) >= 11 is 0. The summed E-state index contributed by atoms with van der Waals surface area (Å²) in [5.41, 5.74) is 0.858. The van der Waals surface area contributed by atoms with E-state index in [2.05, 4.69) is 27.2 Å². The highest BCUT2D eigenvalue weighted by Gasteiger charge is 2.50. The molecule has 0 saturated carbocycles. The number of likely N-dealkylation sites (N-methyl/N-ethyl adjacent to an activating group) is 3. The minimum absolute atomic E-state index is 0.110. The van der Waals surface area contributed by atoms with E-state index in [1.54, 1.807) is 7.05 Å². The number of carbonyl (C=O) groups is 1. The van der Waals surface area contributed by atoms with Crippen LogP contribution in [0.1, 0.15) is 5.56 Å². The fourth-order valence-electron chi connectivity index (χ4n) is 2.65. The SMILES string of the molecule is CNC(=O)C1(N(C)Cc2ccccc2)CN(C)C1. The third-order valence-electron chi connectivity index (χ3n) is 3.71. The number of nitrogens with zero attached hydrogens (tertiary/aromatic N) is 2. The van der Waals surface area contributed by atoms with Crippen molar-refractivity contribution in [1.82, 2.24) is 15.1 Å². The Morgan fingerprint density at radius 3 is 2.50 bits per heavy atom. The first-order chi connectivity index (χ1) is 8.58. The predicted octanol–water partition coefficient (Wildman–Crippen LogP) is 0.549. The van der Waals surface area contributed by atoms with Gasteiger partial charge in [-0.05, 0) is 19.7 Å². The number of amides is 1. The summed E-state index contributed by atoms with van der Waals surface area (Å²) in [4.78, 5) is 16.4. The number of hydrogen-bond acceptors (Lipinski definition) is 3. The summed E-state index contributed by atoms with van der Waals surface area (Å²) in [5.74, 6) is 0.110. The number of nitrogens with one attached hydrogen (secondary N) is 1. The highest BCUT2D eigenvalue weighted by molar-refractivity contribution is 5.87. The largest absolute Gasteiger partial charge is 0.357 e. The lowest BCUT2D eigenvalue weighted by Crippen LogP contribution is -2.74. The number of hydrogen-bond donors (Lipinski definition) is 1. The molecule has 0 atom stereocenters. The number of likely N-dealkylation sites (tertiary alicyclic amines) is 1. The van der Waals surface area contributed by atoms with Gasteiger partial charge in [-0.1, -0.05) is 30.3 Å². The molecule has 4 heteroatoms. The van der Waals surface area contributed by atoms with Crippen molar-refractivity contribution in [3.63, 3.8) is 0 Å². The molecular weight excluding hydrogens is 226 g/mol. The van der Waals surface area contributed by atoms with Crippen molar-refractivity contribution in [2.75, 3.05) is 34.2 Å². The smallest absolute Gasteiger partial charge is 0.242 e. The third-order valence-corrected chi connectivity index (χ3v) is 3.71. The molecule has 2 rings (SSSR count). The molecule has 0 unspecified atom stereocenters. The fourth-order valence-corrected chi connectivity index (χ4v) is 2.65. The van der Waals surface area contributed by atoms with Crippen molar-refractivity contribution in [3.05, 3.63) is 35.9 Å². The van der Waals surface area contributed by atoms with Crippen molar-refractivity contribution < 1.29 is 4.79 Å². The normalized spacial score (nSPS) is 18.4. The Hall–Kier alpha value is -1.39. The van der Waals surface area contributed by atoms with E-state index in [4.69, 9.17) is 0 Å². The van der Waals surface area contributed by atoms with Crippen LogP contribution in [0.4, 0.5) is 0 Å². The molecule has 0 radical (unpaired) electrons. The van der Waals surface area contributed by atoms with Crippen LogP contribution in [0.15, 0.2) is 30.3 Å². The molecule has 18 heavy (non-hydrogen) atoms. The van der Waals surface area contributed by atoms with Gasteiger partial charge in [0.2, 0.25) is 5.91 Å². The summed E-state index contributed by atoms with van der Waals surface area (Å²) in [7, 11) is 5.77. The van der Waals surface area contributed by atoms with Crippen LogP contribution in [0.3, 0.4) is 0 Å². The zero-order valence-electron chi connectivity index (χ0n) is 11.3. The van der Waals surface area contributed by atoms with Gasteiger partial charge >= 0.3 is 0 Å². The maximum absolute atomic E-state index is 12.1. The molecule has 4 nitrogen and oxygen atoms in total. The summed E-state index contributed by atoms with van der Waals surface area (Å²) in [6.07, 6.45) is 0. The molecule has 0 spiro atoms. The Bertz CT molecular complexity index is 412. The Balaban J connectivity index is 2.10. The van der Waals surface area contributed by atoms with Gasteiger partial charge in [0.25, 0.3) is 0 Å². The van der Waals surface area contributed by atoms with E-state index in [1.807, 2.05) is 32.3 Å². The van der Waals surface area contributed by atoms with Gasteiger partial charge in [0.15, 0.2) is 0 Å². The van der Waals surface area contributed by atoms with Crippen molar-refractivity contribution in [1.29, 1.82) is 0 Å². The lowest BCUT2D eigenvalue weighted by atomic mass is 9.87. The van der Waals surface area contributed by atoms with Crippen LogP contribution in [0.2, 0.25) is 0 Å². The van der Waals surface area contributed by atoms with Crippen molar-refractivity contribution in [3.8, 4) is 0 Å². The van der Waals surface area contributed by atoms with E-state index in [0.29, 0.717) is 0 Å². The van der Waals surface area contributed by atoms with E-state index in [-0.39, 0.29) is 11.4 Å². The minimum atomic E-state index is -0.376. The standard InChI is InChI=1S/C14H21N3O/c1-15-13(18)14(10-16(2)11-14)17(3)9-12-7-5-4-6-8-12/h4-8H,9-11H2,1-3H3,(H,15,18). The molecule has 1 aliphatic rings. The number of rotatable bonds is 4. The summed E-state index contributed by atoms with van der Waals surface area (Å²) in [6.45, 7) is 2.37. The molecule has 1 aromatic carbocycles. The fraction of sp³-hybridized carbons (Fsp3) is 0.500. The lowest BCUT2D eigenvalue weighted by Gasteiger charge is -2.52. The molecule has 1 aromatic rings. The second-order valence-electron chi connectivity index (χ2n) is 5.12. The maximum Gasteiger partial charge on any atom is 0.242 e. The van der Waals surface area contributed by atoms with Gasteiger partial charge in [0.1, 0.15) is 5.54 Å².